The summed E-state index contributed by atoms with van der Waals surface area (Å²) in [6, 6.07) is 19.0. The highest BCUT2D eigenvalue weighted by Gasteiger charge is 2.11. The van der Waals surface area contributed by atoms with Gasteiger partial charge in [-0.05, 0) is 23.6 Å². The fraction of sp³-hybridized carbons (Fsp3) is 0.278. The van der Waals surface area contributed by atoms with Crippen molar-refractivity contribution in [3.63, 3.8) is 0 Å². The van der Waals surface area contributed by atoms with Crippen LogP contribution in [0.2, 0.25) is 0 Å². The number of benzene rings is 2. The van der Waals surface area contributed by atoms with Crippen molar-refractivity contribution >= 4 is 11.0 Å². The van der Waals surface area contributed by atoms with Gasteiger partial charge in [0, 0.05) is 13.0 Å². The summed E-state index contributed by atoms with van der Waals surface area (Å²) in [7, 11) is 0. The standard InChI is InChI=1S/C18H20N2/c1-14(2)12-18-19-16-10-6-7-11-17(16)20(18)13-15-8-4-3-5-9-15/h3-11,14H,12-13H2,1-2H3. The second-order valence-corrected chi connectivity index (χ2v) is 5.69. The van der Waals surface area contributed by atoms with Gasteiger partial charge in [-0.25, -0.2) is 4.98 Å². The molecule has 0 fully saturated rings. The summed E-state index contributed by atoms with van der Waals surface area (Å²) < 4.78 is 2.35. The zero-order chi connectivity index (χ0) is 13.9. The van der Waals surface area contributed by atoms with E-state index in [1.54, 1.807) is 0 Å². The Balaban J connectivity index is 2.06. The van der Waals surface area contributed by atoms with Gasteiger partial charge in [-0.2, -0.15) is 0 Å². The Hall–Kier alpha value is -2.09. The zero-order valence-corrected chi connectivity index (χ0v) is 12.1. The molecule has 0 spiro atoms. The van der Waals surface area contributed by atoms with Crippen LogP contribution in [0, 0.1) is 5.92 Å². The topological polar surface area (TPSA) is 17.8 Å². The molecule has 1 aromatic heterocycles. The van der Waals surface area contributed by atoms with Crippen LogP contribution in [0.3, 0.4) is 0 Å². The van der Waals surface area contributed by atoms with Crippen LogP contribution in [-0.2, 0) is 13.0 Å². The molecule has 0 amide bonds. The van der Waals surface area contributed by atoms with Crippen molar-refractivity contribution in [3.8, 4) is 0 Å². The van der Waals surface area contributed by atoms with Gasteiger partial charge in [-0.3, -0.25) is 0 Å². The Bertz CT molecular complexity index is 696. The summed E-state index contributed by atoms with van der Waals surface area (Å²) in [4.78, 5) is 4.81. The quantitative estimate of drug-likeness (QED) is 0.687. The lowest BCUT2D eigenvalue weighted by Crippen LogP contribution is -2.07. The van der Waals surface area contributed by atoms with Gasteiger partial charge in [0.25, 0.3) is 0 Å². The van der Waals surface area contributed by atoms with E-state index in [4.69, 9.17) is 4.98 Å². The van der Waals surface area contributed by atoms with Crippen LogP contribution >= 0.6 is 0 Å². The molecule has 1 heterocycles. The molecule has 0 saturated heterocycles. The average Bonchev–Trinajstić information content (AvgIpc) is 2.77. The number of hydrogen-bond acceptors (Lipinski definition) is 1. The molecule has 3 rings (SSSR count). The van der Waals surface area contributed by atoms with Crippen molar-refractivity contribution < 1.29 is 0 Å². The normalized spacial score (nSPS) is 11.3. The van der Waals surface area contributed by atoms with Gasteiger partial charge in [0.05, 0.1) is 11.0 Å². The molecular formula is C18H20N2. The summed E-state index contributed by atoms with van der Waals surface area (Å²) in [5.41, 5.74) is 3.65. The maximum atomic E-state index is 4.81. The predicted octanol–water partition coefficient (Wildman–Crippen LogP) is 4.28. The van der Waals surface area contributed by atoms with Gasteiger partial charge in [0.2, 0.25) is 0 Å². The molecule has 0 aliphatic carbocycles. The fourth-order valence-electron chi connectivity index (χ4n) is 2.59. The molecule has 0 bridgehead atoms. The van der Waals surface area contributed by atoms with E-state index in [2.05, 4.69) is 73.0 Å². The number of imidazole rings is 1. The number of hydrogen-bond donors (Lipinski definition) is 0. The molecule has 2 heteroatoms. The van der Waals surface area contributed by atoms with Gasteiger partial charge in [0.1, 0.15) is 5.82 Å². The number of rotatable bonds is 4. The van der Waals surface area contributed by atoms with E-state index in [1.165, 1.54) is 16.9 Å². The molecule has 0 aliphatic heterocycles. The second-order valence-electron chi connectivity index (χ2n) is 5.69. The Labute approximate surface area is 120 Å². The second kappa shape index (κ2) is 5.49. The molecule has 2 aromatic carbocycles. The summed E-state index contributed by atoms with van der Waals surface area (Å²) in [6.45, 7) is 5.38. The molecule has 0 saturated carbocycles. The summed E-state index contributed by atoms with van der Waals surface area (Å²) in [5, 5.41) is 0. The first kappa shape index (κ1) is 12.9. The minimum absolute atomic E-state index is 0.612. The molecule has 0 atom stereocenters. The lowest BCUT2D eigenvalue weighted by molar-refractivity contribution is 0.595. The van der Waals surface area contributed by atoms with E-state index in [0.717, 1.165) is 18.5 Å². The molecule has 0 radical (unpaired) electrons. The van der Waals surface area contributed by atoms with E-state index in [0.29, 0.717) is 5.92 Å². The van der Waals surface area contributed by atoms with Crippen LogP contribution in [0.5, 0.6) is 0 Å². The molecule has 3 aromatic rings. The van der Waals surface area contributed by atoms with Crippen molar-refractivity contribution in [2.45, 2.75) is 26.8 Å². The lowest BCUT2D eigenvalue weighted by atomic mass is 10.1. The molecule has 0 unspecified atom stereocenters. The van der Waals surface area contributed by atoms with Crippen molar-refractivity contribution in [1.82, 2.24) is 9.55 Å². The Morgan fingerprint density at radius 3 is 2.40 bits per heavy atom. The van der Waals surface area contributed by atoms with Crippen LogP contribution in [0.15, 0.2) is 54.6 Å². The summed E-state index contributed by atoms with van der Waals surface area (Å²) in [6.07, 6.45) is 1.02. The first-order valence-electron chi connectivity index (χ1n) is 7.22. The fourth-order valence-corrected chi connectivity index (χ4v) is 2.59. The minimum atomic E-state index is 0.612. The van der Waals surface area contributed by atoms with E-state index in [9.17, 15) is 0 Å². The van der Waals surface area contributed by atoms with Gasteiger partial charge in [0.15, 0.2) is 0 Å². The van der Waals surface area contributed by atoms with E-state index in [-0.39, 0.29) is 0 Å². The number of nitrogens with zero attached hydrogens (tertiary/aromatic N) is 2. The lowest BCUT2D eigenvalue weighted by Gasteiger charge is -2.11. The summed E-state index contributed by atoms with van der Waals surface area (Å²) >= 11 is 0. The first-order valence-corrected chi connectivity index (χ1v) is 7.22. The summed E-state index contributed by atoms with van der Waals surface area (Å²) in [5.74, 6) is 1.80. The van der Waals surface area contributed by atoms with Crippen molar-refractivity contribution in [3.05, 3.63) is 66.0 Å². The van der Waals surface area contributed by atoms with Crippen LogP contribution < -0.4 is 0 Å². The van der Waals surface area contributed by atoms with Gasteiger partial charge in [-0.1, -0.05) is 56.3 Å². The average molecular weight is 264 g/mol. The molecule has 2 nitrogen and oxygen atoms in total. The Morgan fingerprint density at radius 2 is 1.65 bits per heavy atom. The molecule has 0 aliphatic rings. The smallest absolute Gasteiger partial charge is 0.110 e. The van der Waals surface area contributed by atoms with Crippen molar-refractivity contribution in [1.29, 1.82) is 0 Å². The highest BCUT2D eigenvalue weighted by atomic mass is 15.1. The predicted molar refractivity (Wildman–Crippen MR) is 83.8 cm³/mol. The van der Waals surface area contributed by atoms with E-state index in [1.807, 2.05) is 0 Å². The maximum absolute atomic E-state index is 4.81. The van der Waals surface area contributed by atoms with Crippen LogP contribution in [0.1, 0.15) is 25.2 Å². The Morgan fingerprint density at radius 1 is 0.950 bits per heavy atom. The van der Waals surface area contributed by atoms with Gasteiger partial charge < -0.3 is 4.57 Å². The highest BCUT2D eigenvalue weighted by molar-refractivity contribution is 5.76. The van der Waals surface area contributed by atoms with Crippen LogP contribution in [-0.4, -0.2) is 9.55 Å². The Kier molecular flexibility index (Phi) is 3.55. The van der Waals surface area contributed by atoms with Gasteiger partial charge in [-0.15, -0.1) is 0 Å². The number of para-hydroxylation sites is 2. The number of fused-ring (bicyclic) bond motifs is 1. The molecular weight excluding hydrogens is 244 g/mol. The number of aromatic nitrogens is 2. The zero-order valence-electron chi connectivity index (χ0n) is 12.1. The monoisotopic (exact) mass is 264 g/mol. The third-order valence-corrected chi connectivity index (χ3v) is 3.51. The molecule has 102 valence electrons. The first-order chi connectivity index (χ1) is 9.74. The third kappa shape index (κ3) is 2.60. The SMILES string of the molecule is CC(C)Cc1nc2ccccc2n1Cc1ccccc1. The minimum Gasteiger partial charge on any atom is -0.323 e. The van der Waals surface area contributed by atoms with Crippen LogP contribution in [0.25, 0.3) is 11.0 Å². The van der Waals surface area contributed by atoms with E-state index < -0.39 is 0 Å². The maximum Gasteiger partial charge on any atom is 0.110 e. The molecule has 20 heavy (non-hydrogen) atoms. The molecule has 0 N–H and O–H groups in total. The van der Waals surface area contributed by atoms with Gasteiger partial charge >= 0.3 is 0 Å². The third-order valence-electron chi connectivity index (χ3n) is 3.51. The van der Waals surface area contributed by atoms with Crippen LogP contribution in [0.4, 0.5) is 0 Å². The van der Waals surface area contributed by atoms with Crippen molar-refractivity contribution in [2.75, 3.05) is 0 Å². The highest BCUT2D eigenvalue weighted by Crippen LogP contribution is 2.20. The van der Waals surface area contributed by atoms with Crippen molar-refractivity contribution in [2.24, 2.45) is 5.92 Å². The largest absolute Gasteiger partial charge is 0.323 e. The van der Waals surface area contributed by atoms with E-state index >= 15 is 0 Å².